The van der Waals surface area contributed by atoms with Gasteiger partial charge in [-0.25, -0.2) is 0 Å². The second-order valence-corrected chi connectivity index (χ2v) is 7.61. The van der Waals surface area contributed by atoms with Gasteiger partial charge in [0, 0.05) is 44.8 Å². The maximum atomic E-state index is 3.58. The zero-order valence-corrected chi connectivity index (χ0v) is 13.5. The van der Waals surface area contributed by atoms with Crippen molar-refractivity contribution in [1.29, 1.82) is 0 Å². The zero-order chi connectivity index (χ0) is 13.9. The Morgan fingerprint density at radius 1 is 1.11 bits per heavy atom. The lowest BCUT2D eigenvalue weighted by molar-refractivity contribution is 0.0408. The number of piperazine rings is 1. The quantitative estimate of drug-likeness (QED) is 0.842. The Bertz CT molecular complexity index is 268. The van der Waals surface area contributed by atoms with Crippen molar-refractivity contribution in [2.75, 3.05) is 45.8 Å². The largest absolute Gasteiger partial charge is 0.316 e. The normalized spacial score (nSPS) is 30.9. The average molecular weight is 267 g/mol. The molecule has 0 aromatic rings. The van der Waals surface area contributed by atoms with Crippen molar-refractivity contribution >= 4 is 0 Å². The Balaban J connectivity index is 1.84. The molecule has 2 aliphatic heterocycles. The van der Waals surface area contributed by atoms with E-state index in [9.17, 15) is 0 Å². The van der Waals surface area contributed by atoms with E-state index in [1.165, 1.54) is 65.1 Å². The number of rotatable bonds is 4. The molecule has 2 saturated heterocycles. The van der Waals surface area contributed by atoms with Gasteiger partial charge in [-0.2, -0.15) is 0 Å². The smallest absolute Gasteiger partial charge is 0.0126 e. The summed E-state index contributed by atoms with van der Waals surface area (Å²) >= 11 is 0. The third-order valence-electron chi connectivity index (χ3n) is 4.99. The Kier molecular flexibility index (Phi) is 4.91. The van der Waals surface area contributed by atoms with Crippen molar-refractivity contribution in [2.24, 2.45) is 5.41 Å². The molecule has 2 heterocycles. The number of nitrogens with one attached hydrogen (secondary N) is 1. The summed E-state index contributed by atoms with van der Waals surface area (Å²) in [6, 6.07) is 0. The fourth-order valence-electron chi connectivity index (χ4n) is 3.80. The highest BCUT2D eigenvalue weighted by Gasteiger charge is 2.36. The maximum absolute atomic E-state index is 3.58. The van der Waals surface area contributed by atoms with Crippen molar-refractivity contribution in [3.8, 4) is 0 Å². The number of nitrogens with zero attached hydrogens (tertiary/aromatic N) is 2. The number of hydrogen-bond donors (Lipinski definition) is 1. The van der Waals surface area contributed by atoms with Gasteiger partial charge in [0.15, 0.2) is 0 Å². The van der Waals surface area contributed by atoms with Crippen LogP contribution >= 0.6 is 0 Å². The molecule has 0 radical (unpaired) electrons. The van der Waals surface area contributed by atoms with Crippen LogP contribution < -0.4 is 5.32 Å². The van der Waals surface area contributed by atoms with Crippen LogP contribution in [0.4, 0.5) is 0 Å². The molecule has 3 heteroatoms. The Morgan fingerprint density at radius 2 is 1.79 bits per heavy atom. The number of hydrogen-bond acceptors (Lipinski definition) is 3. The minimum absolute atomic E-state index is 0.335. The molecular weight excluding hydrogens is 234 g/mol. The molecular formula is C16H33N3. The molecule has 1 N–H and O–H groups in total. The summed E-state index contributed by atoms with van der Waals surface area (Å²) in [5.74, 6) is 0. The molecule has 3 nitrogen and oxygen atoms in total. The topological polar surface area (TPSA) is 18.5 Å². The molecule has 0 bridgehead atoms. The molecule has 112 valence electrons. The van der Waals surface area contributed by atoms with Crippen molar-refractivity contribution in [3.63, 3.8) is 0 Å². The van der Waals surface area contributed by atoms with Gasteiger partial charge < -0.3 is 10.2 Å². The van der Waals surface area contributed by atoms with E-state index in [0.29, 0.717) is 11.0 Å². The van der Waals surface area contributed by atoms with Crippen molar-refractivity contribution in [3.05, 3.63) is 0 Å². The average Bonchev–Trinajstić information content (AvgIpc) is 2.77. The standard InChI is InChI=1S/C16H33N3/c1-5-6-16(7-8-17-13-16)14-18-9-11-19(12-10-18)15(2,3)4/h17H,5-14H2,1-4H3. The molecule has 2 aliphatic rings. The maximum Gasteiger partial charge on any atom is 0.0126 e. The van der Waals surface area contributed by atoms with Crippen molar-refractivity contribution in [1.82, 2.24) is 15.1 Å². The lowest BCUT2D eigenvalue weighted by atomic mass is 9.82. The Morgan fingerprint density at radius 3 is 2.26 bits per heavy atom. The van der Waals surface area contributed by atoms with Gasteiger partial charge in [-0.1, -0.05) is 13.3 Å². The molecule has 0 spiro atoms. The van der Waals surface area contributed by atoms with Gasteiger partial charge in [0.25, 0.3) is 0 Å². The molecule has 0 amide bonds. The highest BCUT2D eigenvalue weighted by Crippen LogP contribution is 2.32. The summed E-state index contributed by atoms with van der Waals surface area (Å²) in [5.41, 5.74) is 0.904. The van der Waals surface area contributed by atoms with Crippen LogP contribution in [0, 0.1) is 5.41 Å². The summed E-state index contributed by atoms with van der Waals surface area (Å²) in [4.78, 5) is 5.34. The summed E-state index contributed by atoms with van der Waals surface area (Å²) < 4.78 is 0. The first-order chi connectivity index (χ1) is 8.95. The van der Waals surface area contributed by atoms with Gasteiger partial charge >= 0.3 is 0 Å². The van der Waals surface area contributed by atoms with Gasteiger partial charge in [-0.15, -0.1) is 0 Å². The first-order valence-corrected chi connectivity index (χ1v) is 8.13. The molecule has 19 heavy (non-hydrogen) atoms. The van der Waals surface area contributed by atoms with Gasteiger partial charge in [0.05, 0.1) is 0 Å². The van der Waals surface area contributed by atoms with E-state index >= 15 is 0 Å². The van der Waals surface area contributed by atoms with Crippen LogP contribution in [0.2, 0.25) is 0 Å². The highest BCUT2D eigenvalue weighted by molar-refractivity contribution is 4.92. The van der Waals surface area contributed by atoms with Gasteiger partial charge in [0.2, 0.25) is 0 Å². The second kappa shape index (κ2) is 6.11. The van der Waals surface area contributed by atoms with Gasteiger partial charge in [-0.05, 0) is 45.6 Å². The van der Waals surface area contributed by atoms with Crippen LogP contribution in [0.15, 0.2) is 0 Å². The Labute approximate surface area is 119 Å². The molecule has 1 unspecified atom stereocenters. The predicted molar refractivity (Wildman–Crippen MR) is 82.6 cm³/mol. The van der Waals surface area contributed by atoms with Gasteiger partial charge in [0.1, 0.15) is 0 Å². The fourth-order valence-corrected chi connectivity index (χ4v) is 3.80. The summed E-state index contributed by atoms with van der Waals surface area (Å²) in [7, 11) is 0. The fraction of sp³-hybridized carbons (Fsp3) is 1.00. The monoisotopic (exact) mass is 267 g/mol. The lowest BCUT2D eigenvalue weighted by Crippen LogP contribution is -2.55. The molecule has 0 aliphatic carbocycles. The van der Waals surface area contributed by atoms with Crippen LogP contribution in [0.25, 0.3) is 0 Å². The van der Waals surface area contributed by atoms with Crippen molar-refractivity contribution < 1.29 is 0 Å². The van der Waals surface area contributed by atoms with Crippen LogP contribution in [0.3, 0.4) is 0 Å². The van der Waals surface area contributed by atoms with Crippen LogP contribution in [0.1, 0.15) is 47.0 Å². The first kappa shape index (κ1) is 15.3. The van der Waals surface area contributed by atoms with Gasteiger partial charge in [-0.3, -0.25) is 4.90 Å². The van der Waals surface area contributed by atoms with E-state index in [1.54, 1.807) is 0 Å². The van der Waals surface area contributed by atoms with E-state index in [1.807, 2.05) is 0 Å². The van der Waals surface area contributed by atoms with E-state index < -0.39 is 0 Å². The molecule has 0 aromatic carbocycles. The van der Waals surface area contributed by atoms with E-state index in [0.717, 1.165) is 0 Å². The molecule has 0 saturated carbocycles. The highest BCUT2D eigenvalue weighted by atomic mass is 15.3. The Hall–Kier alpha value is -0.120. The van der Waals surface area contributed by atoms with Crippen molar-refractivity contribution in [2.45, 2.75) is 52.5 Å². The van der Waals surface area contributed by atoms with E-state index in [-0.39, 0.29) is 0 Å². The second-order valence-electron chi connectivity index (χ2n) is 7.61. The molecule has 2 fully saturated rings. The summed E-state index contributed by atoms with van der Waals surface area (Å²) in [6.45, 7) is 18.1. The lowest BCUT2D eigenvalue weighted by Gasteiger charge is -2.44. The third-order valence-corrected chi connectivity index (χ3v) is 4.99. The van der Waals surface area contributed by atoms with Crippen LogP contribution in [-0.2, 0) is 0 Å². The molecule has 2 rings (SSSR count). The summed E-state index contributed by atoms with van der Waals surface area (Å²) in [6.07, 6.45) is 4.09. The first-order valence-electron chi connectivity index (χ1n) is 8.13. The minimum Gasteiger partial charge on any atom is -0.316 e. The predicted octanol–water partition coefficient (Wildman–Crippen LogP) is 2.18. The summed E-state index contributed by atoms with van der Waals surface area (Å²) in [5, 5.41) is 3.58. The third kappa shape index (κ3) is 3.93. The molecule has 0 aromatic heterocycles. The van der Waals surface area contributed by atoms with E-state index in [4.69, 9.17) is 0 Å². The molecule has 1 atom stereocenters. The van der Waals surface area contributed by atoms with E-state index in [2.05, 4.69) is 42.8 Å². The van der Waals surface area contributed by atoms with Crippen LogP contribution in [-0.4, -0.2) is 61.2 Å². The SMILES string of the molecule is CCCC1(CN2CCN(C(C)(C)C)CC2)CCNC1. The van der Waals surface area contributed by atoms with Crippen LogP contribution in [0.5, 0.6) is 0 Å². The minimum atomic E-state index is 0.335. The zero-order valence-electron chi connectivity index (χ0n) is 13.5.